The fourth-order valence-electron chi connectivity index (χ4n) is 5.17. The SMILES string of the molecule is COc1ccc(NCc2nn3c(C(=S)Nc4ccccc4)c(-c4ccc(Br)cc4)c4c3n2CCCC4)cc1. The number of hydrogen-bond donors (Lipinski definition) is 2. The first-order chi connectivity index (χ1) is 18.6. The summed E-state index contributed by atoms with van der Waals surface area (Å²) < 4.78 is 10.8. The molecule has 5 aromatic rings. The average Bonchev–Trinajstić information content (AvgIpc) is 3.35. The van der Waals surface area contributed by atoms with Crippen molar-refractivity contribution >= 4 is 50.2 Å². The van der Waals surface area contributed by atoms with Crippen molar-refractivity contribution in [2.75, 3.05) is 17.7 Å². The molecule has 2 aromatic heterocycles. The third kappa shape index (κ3) is 4.70. The van der Waals surface area contributed by atoms with Crippen LogP contribution >= 0.6 is 28.1 Å². The van der Waals surface area contributed by atoms with Crippen molar-refractivity contribution in [3.63, 3.8) is 0 Å². The van der Waals surface area contributed by atoms with Gasteiger partial charge >= 0.3 is 0 Å². The highest BCUT2D eigenvalue weighted by molar-refractivity contribution is 9.10. The predicted octanol–water partition coefficient (Wildman–Crippen LogP) is 7.31. The van der Waals surface area contributed by atoms with Gasteiger partial charge < -0.3 is 19.9 Å². The van der Waals surface area contributed by atoms with Crippen LogP contribution in [0.2, 0.25) is 0 Å². The van der Waals surface area contributed by atoms with Gasteiger partial charge in [-0.15, -0.1) is 0 Å². The van der Waals surface area contributed by atoms with E-state index in [1.807, 2.05) is 54.6 Å². The number of nitrogens with zero attached hydrogens (tertiary/aromatic N) is 3. The number of para-hydroxylation sites is 1. The summed E-state index contributed by atoms with van der Waals surface area (Å²) >= 11 is 9.65. The topological polar surface area (TPSA) is 55.5 Å². The van der Waals surface area contributed by atoms with E-state index in [2.05, 4.69) is 59.9 Å². The number of halogens is 1. The summed E-state index contributed by atoms with van der Waals surface area (Å²) in [5.41, 5.74) is 7.67. The van der Waals surface area contributed by atoms with E-state index in [1.54, 1.807) is 7.11 Å². The van der Waals surface area contributed by atoms with E-state index in [1.165, 1.54) is 11.1 Å². The maximum absolute atomic E-state index is 6.06. The summed E-state index contributed by atoms with van der Waals surface area (Å²) in [5.74, 6) is 1.83. The van der Waals surface area contributed by atoms with E-state index < -0.39 is 0 Å². The van der Waals surface area contributed by atoms with E-state index in [-0.39, 0.29) is 0 Å². The van der Waals surface area contributed by atoms with Gasteiger partial charge in [-0.2, -0.15) is 5.10 Å². The highest BCUT2D eigenvalue weighted by atomic mass is 79.9. The molecule has 0 radical (unpaired) electrons. The summed E-state index contributed by atoms with van der Waals surface area (Å²) in [4.78, 5) is 0.662. The third-order valence-electron chi connectivity index (χ3n) is 6.98. The summed E-state index contributed by atoms with van der Waals surface area (Å²) in [6.07, 6.45) is 3.21. The Labute approximate surface area is 235 Å². The van der Waals surface area contributed by atoms with Crippen molar-refractivity contribution < 1.29 is 4.74 Å². The highest BCUT2D eigenvalue weighted by Gasteiger charge is 2.29. The van der Waals surface area contributed by atoms with Crippen molar-refractivity contribution in [1.82, 2.24) is 14.2 Å². The Kier molecular flexibility index (Phi) is 6.91. The quantitative estimate of drug-likeness (QED) is 0.196. The molecule has 3 aromatic carbocycles. The molecule has 1 aliphatic rings. The molecule has 0 unspecified atom stereocenters. The predicted molar refractivity (Wildman–Crippen MR) is 161 cm³/mol. The van der Waals surface area contributed by atoms with Gasteiger partial charge in [0.05, 0.1) is 13.7 Å². The summed E-state index contributed by atoms with van der Waals surface area (Å²) in [6.45, 7) is 1.54. The molecule has 192 valence electrons. The van der Waals surface area contributed by atoms with Gasteiger partial charge in [0, 0.05) is 33.5 Å². The second kappa shape index (κ2) is 10.6. The monoisotopic (exact) mass is 585 g/mol. The van der Waals surface area contributed by atoms with Gasteiger partial charge in [-0.05, 0) is 73.4 Å². The summed E-state index contributed by atoms with van der Waals surface area (Å²) in [7, 11) is 1.68. The van der Waals surface area contributed by atoms with Gasteiger partial charge in [0.25, 0.3) is 0 Å². The standard InChI is InChI=1S/C30H28BrN5OS/c1-37-24-16-14-22(15-17-24)32-19-26-34-36-28(29(38)33-23-7-3-2-4-8-23)27(20-10-12-21(31)13-11-20)25-9-5-6-18-35(26)30(25)36/h2-4,7-8,10-17,32H,5-6,9,18-19H2,1H3,(H,33,38). The van der Waals surface area contributed by atoms with Crippen LogP contribution in [0.5, 0.6) is 5.75 Å². The molecular formula is C30H28BrN5OS. The first kappa shape index (κ1) is 24.7. The zero-order valence-corrected chi connectivity index (χ0v) is 23.5. The van der Waals surface area contributed by atoms with E-state index >= 15 is 0 Å². The van der Waals surface area contributed by atoms with Gasteiger partial charge in [-0.25, -0.2) is 4.52 Å². The van der Waals surface area contributed by atoms with Crippen LogP contribution in [-0.2, 0) is 19.5 Å². The molecule has 0 atom stereocenters. The minimum absolute atomic E-state index is 0.610. The fourth-order valence-corrected chi connectivity index (χ4v) is 5.74. The van der Waals surface area contributed by atoms with Crippen molar-refractivity contribution in [3.8, 4) is 16.9 Å². The Morgan fingerprint density at radius 3 is 2.47 bits per heavy atom. The lowest BCUT2D eigenvalue weighted by atomic mass is 9.98. The first-order valence-electron chi connectivity index (χ1n) is 12.8. The molecule has 2 N–H and O–H groups in total. The Hall–Kier alpha value is -3.62. The number of benzene rings is 3. The molecule has 0 bridgehead atoms. The lowest BCUT2D eigenvalue weighted by molar-refractivity contribution is 0.415. The number of ether oxygens (including phenoxy) is 1. The Morgan fingerprint density at radius 2 is 1.74 bits per heavy atom. The molecule has 6 rings (SSSR count). The maximum Gasteiger partial charge on any atom is 0.150 e. The number of hydrogen-bond acceptors (Lipinski definition) is 4. The number of anilines is 2. The van der Waals surface area contributed by atoms with Gasteiger partial charge in [-0.3, -0.25) is 0 Å². The molecule has 1 aliphatic heterocycles. The van der Waals surface area contributed by atoms with Crippen LogP contribution in [0.4, 0.5) is 11.4 Å². The number of nitrogens with one attached hydrogen (secondary N) is 2. The van der Waals surface area contributed by atoms with Gasteiger partial charge in [0.15, 0.2) is 5.82 Å². The fraction of sp³-hybridized carbons (Fsp3) is 0.200. The Morgan fingerprint density at radius 1 is 0.974 bits per heavy atom. The van der Waals surface area contributed by atoms with Crippen LogP contribution in [0.15, 0.2) is 83.3 Å². The molecular weight excluding hydrogens is 558 g/mol. The highest BCUT2D eigenvalue weighted by Crippen LogP contribution is 2.37. The summed E-state index contributed by atoms with van der Waals surface area (Å²) in [5, 5.41) is 12.2. The maximum atomic E-state index is 6.06. The van der Waals surface area contributed by atoms with E-state index in [0.717, 1.165) is 70.1 Å². The molecule has 0 saturated heterocycles. The molecule has 3 heterocycles. The molecule has 0 spiro atoms. The van der Waals surface area contributed by atoms with Crippen LogP contribution < -0.4 is 15.4 Å². The second-order valence-corrected chi connectivity index (χ2v) is 10.7. The summed E-state index contributed by atoms with van der Waals surface area (Å²) in [6, 6.07) is 26.6. The molecule has 8 heteroatoms. The number of rotatable bonds is 7. The van der Waals surface area contributed by atoms with E-state index in [0.29, 0.717) is 11.5 Å². The molecule has 0 fully saturated rings. The van der Waals surface area contributed by atoms with Crippen LogP contribution in [0.1, 0.15) is 29.9 Å². The second-order valence-electron chi connectivity index (χ2n) is 9.37. The number of thiocarbonyl (C=S) groups is 1. The zero-order chi connectivity index (χ0) is 26.1. The van der Waals surface area contributed by atoms with Crippen LogP contribution in [0.3, 0.4) is 0 Å². The van der Waals surface area contributed by atoms with Gasteiger partial charge in [-0.1, -0.05) is 58.5 Å². The van der Waals surface area contributed by atoms with Crippen molar-refractivity contribution in [1.29, 1.82) is 0 Å². The molecule has 0 saturated carbocycles. The van der Waals surface area contributed by atoms with Crippen molar-refractivity contribution in [2.24, 2.45) is 0 Å². The lowest BCUT2D eigenvalue weighted by Crippen LogP contribution is -2.15. The van der Waals surface area contributed by atoms with Crippen LogP contribution in [0, 0.1) is 0 Å². The first-order valence-corrected chi connectivity index (χ1v) is 14.0. The van der Waals surface area contributed by atoms with Gasteiger partial charge in [0.2, 0.25) is 0 Å². The smallest absolute Gasteiger partial charge is 0.150 e. The van der Waals surface area contributed by atoms with Crippen molar-refractivity contribution in [3.05, 3.63) is 100 Å². The molecule has 38 heavy (non-hydrogen) atoms. The third-order valence-corrected chi connectivity index (χ3v) is 7.81. The van der Waals surface area contributed by atoms with E-state index in [4.69, 9.17) is 22.1 Å². The minimum Gasteiger partial charge on any atom is -0.497 e. The molecule has 0 amide bonds. The average molecular weight is 587 g/mol. The zero-order valence-electron chi connectivity index (χ0n) is 21.1. The minimum atomic E-state index is 0.610. The van der Waals surface area contributed by atoms with Crippen molar-refractivity contribution in [2.45, 2.75) is 32.4 Å². The largest absolute Gasteiger partial charge is 0.497 e. The van der Waals surface area contributed by atoms with E-state index in [9.17, 15) is 0 Å². The normalized spacial score (nSPS) is 12.8. The van der Waals surface area contributed by atoms with Crippen LogP contribution in [-0.4, -0.2) is 26.3 Å². The number of methoxy groups -OCH3 is 1. The molecule has 0 aliphatic carbocycles. The number of aryl methyl sites for hydroxylation is 2. The molecule has 6 nitrogen and oxygen atoms in total. The Balaban J connectivity index is 1.46. The van der Waals surface area contributed by atoms with Crippen LogP contribution in [0.25, 0.3) is 16.8 Å². The van der Waals surface area contributed by atoms with Gasteiger partial charge in [0.1, 0.15) is 22.1 Å². The number of aromatic nitrogens is 3. The Bertz CT molecular complexity index is 1590. The lowest BCUT2D eigenvalue weighted by Gasteiger charge is -2.12.